The third-order valence-corrected chi connectivity index (χ3v) is 2.43. The Bertz CT molecular complexity index is 181. The molecule has 1 atom stereocenters. The number of nitrogens with zero attached hydrogens (tertiary/aromatic N) is 1. The second kappa shape index (κ2) is 3.22. The summed E-state index contributed by atoms with van der Waals surface area (Å²) in [6.45, 7) is 12.4. The Morgan fingerprint density at radius 2 is 2.09 bits per heavy atom. The van der Waals surface area contributed by atoms with Crippen LogP contribution in [-0.4, -0.2) is 25.0 Å². The smallest absolute Gasteiger partial charge is 0.00476 e. The Morgan fingerprint density at radius 1 is 1.45 bits per heavy atom. The molecule has 0 amide bonds. The molecular weight excluding hydrogens is 134 g/mol. The summed E-state index contributed by atoms with van der Waals surface area (Å²) < 4.78 is 0. The van der Waals surface area contributed by atoms with E-state index in [2.05, 4.69) is 25.1 Å². The van der Waals surface area contributed by atoms with Crippen LogP contribution >= 0.6 is 0 Å². The fraction of sp³-hybridized carbons (Fsp3) is 0.600. The molecule has 1 rings (SSSR count). The van der Waals surface area contributed by atoms with Gasteiger partial charge < -0.3 is 4.90 Å². The second-order valence-electron chi connectivity index (χ2n) is 3.55. The minimum absolute atomic E-state index is 0.664. The van der Waals surface area contributed by atoms with E-state index in [1.165, 1.54) is 18.5 Å². The normalized spacial score (nSPS) is 25.5. The van der Waals surface area contributed by atoms with Crippen molar-refractivity contribution in [3.05, 3.63) is 24.3 Å². The molecule has 62 valence electrons. The summed E-state index contributed by atoms with van der Waals surface area (Å²) in [4.78, 5) is 2.35. The second-order valence-corrected chi connectivity index (χ2v) is 3.55. The zero-order valence-corrected chi connectivity index (χ0v) is 7.56. The molecule has 1 saturated heterocycles. The van der Waals surface area contributed by atoms with Crippen molar-refractivity contribution in [3.63, 3.8) is 0 Å². The van der Waals surface area contributed by atoms with Crippen LogP contribution in [0.5, 0.6) is 0 Å². The van der Waals surface area contributed by atoms with Gasteiger partial charge in [0.1, 0.15) is 0 Å². The molecular formula is C10H17N. The minimum Gasteiger partial charge on any atom is -0.306 e. The predicted molar refractivity (Wildman–Crippen MR) is 49.6 cm³/mol. The maximum Gasteiger partial charge on any atom is 0.00476 e. The molecule has 0 aromatic heterocycles. The Morgan fingerprint density at radius 3 is 2.45 bits per heavy atom. The van der Waals surface area contributed by atoms with Crippen molar-refractivity contribution >= 4 is 0 Å². The largest absolute Gasteiger partial charge is 0.306 e. The van der Waals surface area contributed by atoms with Gasteiger partial charge in [-0.05, 0) is 38.4 Å². The van der Waals surface area contributed by atoms with Crippen LogP contribution in [0.25, 0.3) is 0 Å². The Kier molecular flexibility index (Phi) is 2.50. The standard InChI is InChI=1S/C10H17N/c1-8(2)9(3)10-5-6-11(4)7-10/h10H,1,3,5-7H2,2,4H3. The number of allylic oxidation sites excluding steroid dienone is 1. The summed E-state index contributed by atoms with van der Waals surface area (Å²) >= 11 is 0. The third-order valence-electron chi connectivity index (χ3n) is 2.43. The van der Waals surface area contributed by atoms with Crippen molar-refractivity contribution in [2.24, 2.45) is 5.92 Å². The first-order valence-corrected chi connectivity index (χ1v) is 4.14. The van der Waals surface area contributed by atoms with Crippen LogP contribution in [0.4, 0.5) is 0 Å². The summed E-state index contributed by atoms with van der Waals surface area (Å²) in [6.07, 6.45) is 1.25. The molecule has 1 aliphatic heterocycles. The van der Waals surface area contributed by atoms with Gasteiger partial charge in [-0.15, -0.1) is 0 Å². The zero-order valence-electron chi connectivity index (χ0n) is 7.56. The lowest BCUT2D eigenvalue weighted by Gasteiger charge is -2.12. The fourth-order valence-electron chi connectivity index (χ4n) is 1.57. The average Bonchev–Trinajstić information content (AvgIpc) is 2.34. The molecule has 0 spiro atoms. The van der Waals surface area contributed by atoms with Crippen LogP contribution in [0, 0.1) is 5.92 Å². The van der Waals surface area contributed by atoms with Crippen molar-refractivity contribution < 1.29 is 0 Å². The molecule has 0 radical (unpaired) electrons. The van der Waals surface area contributed by atoms with Crippen LogP contribution in [0.15, 0.2) is 24.3 Å². The van der Waals surface area contributed by atoms with E-state index in [1.807, 2.05) is 6.92 Å². The molecule has 0 aliphatic carbocycles. The topological polar surface area (TPSA) is 3.24 Å². The maximum absolute atomic E-state index is 4.04. The lowest BCUT2D eigenvalue weighted by Crippen LogP contribution is -2.14. The van der Waals surface area contributed by atoms with Gasteiger partial charge in [-0.2, -0.15) is 0 Å². The van der Waals surface area contributed by atoms with Crippen LogP contribution in [0.1, 0.15) is 13.3 Å². The molecule has 1 heterocycles. The van der Waals surface area contributed by atoms with Gasteiger partial charge in [-0.1, -0.05) is 18.7 Å². The van der Waals surface area contributed by atoms with Crippen molar-refractivity contribution in [1.82, 2.24) is 4.90 Å². The van der Waals surface area contributed by atoms with Gasteiger partial charge >= 0.3 is 0 Å². The number of rotatable bonds is 2. The molecule has 1 aliphatic rings. The Hall–Kier alpha value is -0.560. The van der Waals surface area contributed by atoms with Crippen LogP contribution in [0.3, 0.4) is 0 Å². The van der Waals surface area contributed by atoms with Crippen molar-refractivity contribution in [2.75, 3.05) is 20.1 Å². The zero-order chi connectivity index (χ0) is 8.43. The van der Waals surface area contributed by atoms with E-state index in [0.29, 0.717) is 5.92 Å². The van der Waals surface area contributed by atoms with E-state index < -0.39 is 0 Å². The Balaban J connectivity index is 2.50. The number of hydrogen-bond acceptors (Lipinski definition) is 1. The molecule has 1 fully saturated rings. The van der Waals surface area contributed by atoms with E-state index in [0.717, 1.165) is 12.1 Å². The van der Waals surface area contributed by atoms with E-state index >= 15 is 0 Å². The van der Waals surface area contributed by atoms with Crippen molar-refractivity contribution in [3.8, 4) is 0 Å². The van der Waals surface area contributed by atoms with Gasteiger partial charge in [-0.25, -0.2) is 0 Å². The SMILES string of the molecule is C=C(C)C(=C)C1CCN(C)C1. The molecule has 0 aromatic carbocycles. The molecule has 1 unspecified atom stereocenters. The number of hydrogen-bond donors (Lipinski definition) is 0. The molecule has 11 heavy (non-hydrogen) atoms. The van der Waals surface area contributed by atoms with E-state index in [1.54, 1.807) is 0 Å². The molecule has 0 saturated carbocycles. The first-order chi connectivity index (χ1) is 5.11. The van der Waals surface area contributed by atoms with Gasteiger partial charge in [0.05, 0.1) is 0 Å². The van der Waals surface area contributed by atoms with Crippen molar-refractivity contribution in [2.45, 2.75) is 13.3 Å². The van der Waals surface area contributed by atoms with Crippen LogP contribution < -0.4 is 0 Å². The highest BCUT2D eigenvalue weighted by atomic mass is 15.1. The van der Waals surface area contributed by atoms with Gasteiger partial charge in [0, 0.05) is 6.54 Å². The van der Waals surface area contributed by atoms with E-state index in [9.17, 15) is 0 Å². The summed E-state index contributed by atoms with van der Waals surface area (Å²) in [5, 5.41) is 0. The highest BCUT2D eigenvalue weighted by molar-refractivity contribution is 5.26. The number of likely N-dealkylation sites (tertiary alicyclic amines) is 1. The minimum atomic E-state index is 0.664. The summed E-state index contributed by atoms with van der Waals surface area (Å²) in [7, 11) is 2.16. The summed E-state index contributed by atoms with van der Waals surface area (Å²) in [5.74, 6) is 0.664. The predicted octanol–water partition coefficient (Wildman–Crippen LogP) is 2.07. The Labute approximate surface area is 69.4 Å². The van der Waals surface area contributed by atoms with E-state index in [4.69, 9.17) is 0 Å². The monoisotopic (exact) mass is 151 g/mol. The third kappa shape index (κ3) is 1.93. The molecule has 0 N–H and O–H groups in total. The lowest BCUT2D eigenvalue weighted by molar-refractivity contribution is 0.406. The van der Waals surface area contributed by atoms with Crippen molar-refractivity contribution in [1.29, 1.82) is 0 Å². The molecule has 1 nitrogen and oxygen atoms in total. The van der Waals surface area contributed by atoms with Gasteiger partial charge in [0.15, 0.2) is 0 Å². The maximum atomic E-state index is 4.04. The molecule has 1 heteroatoms. The van der Waals surface area contributed by atoms with Crippen LogP contribution in [-0.2, 0) is 0 Å². The lowest BCUT2D eigenvalue weighted by atomic mass is 9.95. The van der Waals surface area contributed by atoms with Gasteiger partial charge in [0.2, 0.25) is 0 Å². The molecule has 0 bridgehead atoms. The fourth-order valence-corrected chi connectivity index (χ4v) is 1.57. The average molecular weight is 151 g/mol. The quantitative estimate of drug-likeness (QED) is 0.546. The van der Waals surface area contributed by atoms with Gasteiger partial charge in [0.25, 0.3) is 0 Å². The summed E-state index contributed by atoms with van der Waals surface area (Å²) in [5.41, 5.74) is 2.39. The first-order valence-electron chi connectivity index (χ1n) is 4.14. The highest BCUT2D eigenvalue weighted by Crippen LogP contribution is 2.25. The molecule has 0 aromatic rings. The first kappa shape index (κ1) is 8.54. The van der Waals surface area contributed by atoms with Gasteiger partial charge in [-0.3, -0.25) is 0 Å². The highest BCUT2D eigenvalue weighted by Gasteiger charge is 2.21. The van der Waals surface area contributed by atoms with Crippen LogP contribution in [0.2, 0.25) is 0 Å². The van der Waals surface area contributed by atoms with E-state index in [-0.39, 0.29) is 0 Å². The summed E-state index contributed by atoms with van der Waals surface area (Å²) in [6, 6.07) is 0.